The zero-order chi connectivity index (χ0) is 12.6. The van der Waals surface area contributed by atoms with Gasteiger partial charge >= 0.3 is 0 Å². The molecule has 1 aromatic heterocycles. The van der Waals surface area contributed by atoms with E-state index in [-0.39, 0.29) is 5.82 Å². The number of nitrogens with zero attached hydrogens (tertiary/aromatic N) is 1. The van der Waals surface area contributed by atoms with Crippen LogP contribution in [0, 0.1) is 18.7 Å². The third-order valence-electron chi connectivity index (χ3n) is 2.69. The molecule has 0 bridgehead atoms. The summed E-state index contributed by atoms with van der Waals surface area (Å²) in [6.07, 6.45) is 0.852. The Morgan fingerprint density at radius 2 is 2.00 bits per heavy atom. The maximum atomic E-state index is 13.3. The minimum Gasteiger partial charge on any atom is -0.253 e. The molecule has 0 radical (unpaired) electrons. The molecule has 0 saturated carbocycles. The fourth-order valence-electron chi connectivity index (χ4n) is 2.05. The van der Waals surface area contributed by atoms with Gasteiger partial charge in [0.15, 0.2) is 0 Å². The van der Waals surface area contributed by atoms with E-state index >= 15 is 0 Å². The van der Waals surface area contributed by atoms with Crippen molar-refractivity contribution in [2.75, 3.05) is 0 Å². The van der Waals surface area contributed by atoms with Gasteiger partial charge in [-0.2, -0.15) is 0 Å². The lowest BCUT2D eigenvalue weighted by molar-refractivity contribution is 0.627. The van der Waals surface area contributed by atoms with E-state index in [9.17, 15) is 4.39 Å². The molecule has 0 aliphatic heterocycles. The van der Waals surface area contributed by atoms with Crippen LogP contribution >= 0.6 is 11.6 Å². The second-order valence-electron chi connectivity index (χ2n) is 4.81. The summed E-state index contributed by atoms with van der Waals surface area (Å²) < 4.78 is 13.3. The van der Waals surface area contributed by atoms with Gasteiger partial charge in [-0.1, -0.05) is 25.4 Å². The summed E-state index contributed by atoms with van der Waals surface area (Å²) in [5.41, 5.74) is 2.39. The Kier molecular flexibility index (Phi) is 3.34. The van der Waals surface area contributed by atoms with Crippen molar-refractivity contribution in [2.24, 2.45) is 5.92 Å². The molecule has 3 heteroatoms. The molecular weight excluding hydrogens is 237 g/mol. The van der Waals surface area contributed by atoms with Crippen molar-refractivity contribution in [1.29, 1.82) is 0 Å². The topological polar surface area (TPSA) is 12.9 Å². The highest BCUT2D eigenvalue weighted by Crippen LogP contribution is 2.27. The van der Waals surface area contributed by atoms with E-state index in [0.29, 0.717) is 16.5 Å². The van der Waals surface area contributed by atoms with Gasteiger partial charge in [0, 0.05) is 17.1 Å². The summed E-state index contributed by atoms with van der Waals surface area (Å²) in [7, 11) is 0. The number of benzene rings is 1. The van der Waals surface area contributed by atoms with E-state index in [1.54, 1.807) is 0 Å². The molecule has 0 fully saturated rings. The van der Waals surface area contributed by atoms with Crippen molar-refractivity contribution in [3.63, 3.8) is 0 Å². The van der Waals surface area contributed by atoms with E-state index < -0.39 is 0 Å². The van der Waals surface area contributed by atoms with Crippen molar-refractivity contribution >= 4 is 22.5 Å². The van der Waals surface area contributed by atoms with Gasteiger partial charge in [0.1, 0.15) is 5.82 Å². The van der Waals surface area contributed by atoms with Gasteiger partial charge in [-0.3, -0.25) is 4.98 Å². The van der Waals surface area contributed by atoms with Gasteiger partial charge in [-0.25, -0.2) is 4.39 Å². The number of rotatable bonds is 2. The van der Waals surface area contributed by atoms with Crippen molar-refractivity contribution in [3.8, 4) is 0 Å². The Balaban J connectivity index is 2.64. The number of hydrogen-bond donors (Lipinski definition) is 0. The van der Waals surface area contributed by atoms with Gasteiger partial charge < -0.3 is 0 Å². The molecule has 1 nitrogen and oxygen atoms in total. The van der Waals surface area contributed by atoms with Crippen LogP contribution in [-0.2, 0) is 6.42 Å². The Bertz CT molecular complexity index is 564. The molecule has 1 aromatic carbocycles. The highest BCUT2D eigenvalue weighted by atomic mass is 35.5. The highest BCUT2D eigenvalue weighted by molar-refractivity contribution is 6.35. The molecule has 0 saturated heterocycles. The van der Waals surface area contributed by atoms with Crippen LogP contribution in [0.3, 0.4) is 0 Å². The molecule has 0 unspecified atom stereocenters. The van der Waals surface area contributed by atoms with E-state index in [0.717, 1.165) is 23.1 Å². The summed E-state index contributed by atoms with van der Waals surface area (Å²) >= 11 is 6.24. The van der Waals surface area contributed by atoms with Gasteiger partial charge in [0.25, 0.3) is 0 Å². The minimum atomic E-state index is -0.264. The van der Waals surface area contributed by atoms with Gasteiger partial charge in [-0.05, 0) is 37.0 Å². The third-order valence-corrected chi connectivity index (χ3v) is 2.99. The monoisotopic (exact) mass is 251 g/mol. The molecule has 2 rings (SSSR count). The predicted molar refractivity (Wildman–Crippen MR) is 70.0 cm³/mol. The average molecular weight is 252 g/mol. The number of hydrogen-bond acceptors (Lipinski definition) is 1. The third kappa shape index (κ3) is 2.58. The predicted octanol–water partition coefficient (Wildman–Crippen LogP) is 4.53. The largest absolute Gasteiger partial charge is 0.253 e. The zero-order valence-electron chi connectivity index (χ0n) is 10.2. The molecule has 90 valence electrons. The summed E-state index contributed by atoms with van der Waals surface area (Å²) in [6.45, 7) is 6.09. The second-order valence-corrected chi connectivity index (χ2v) is 5.22. The van der Waals surface area contributed by atoms with Crippen molar-refractivity contribution in [3.05, 3.63) is 40.3 Å². The first-order valence-corrected chi connectivity index (χ1v) is 6.10. The van der Waals surface area contributed by atoms with E-state index in [2.05, 4.69) is 18.8 Å². The van der Waals surface area contributed by atoms with Crippen molar-refractivity contribution in [2.45, 2.75) is 27.2 Å². The van der Waals surface area contributed by atoms with Gasteiger partial charge in [-0.15, -0.1) is 0 Å². The van der Waals surface area contributed by atoms with E-state index in [1.165, 1.54) is 12.1 Å². The van der Waals surface area contributed by atoms with Gasteiger partial charge in [0.2, 0.25) is 0 Å². The minimum absolute atomic E-state index is 0.264. The standard InChI is InChI=1S/C14H15ClFN/c1-8(2)4-11-7-12(15)14-9(3)5-10(16)6-13(14)17-11/h5-8H,4H2,1-3H3. The summed E-state index contributed by atoms with van der Waals surface area (Å²) in [6, 6.07) is 4.81. The fraction of sp³-hybridized carbons (Fsp3) is 0.357. The van der Waals surface area contributed by atoms with Crippen LogP contribution in [0.1, 0.15) is 25.1 Å². The maximum absolute atomic E-state index is 13.3. The number of pyridine rings is 1. The van der Waals surface area contributed by atoms with Crippen LogP contribution in [0.15, 0.2) is 18.2 Å². The molecular formula is C14H15ClFN. The van der Waals surface area contributed by atoms with E-state index in [1.807, 2.05) is 13.0 Å². The second kappa shape index (κ2) is 4.61. The molecule has 0 atom stereocenters. The molecule has 2 aromatic rings. The van der Waals surface area contributed by atoms with Crippen molar-refractivity contribution < 1.29 is 4.39 Å². The molecule has 0 aliphatic rings. The highest BCUT2D eigenvalue weighted by Gasteiger charge is 2.09. The van der Waals surface area contributed by atoms with Crippen LogP contribution in [0.5, 0.6) is 0 Å². The molecule has 0 aliphatic carbocycles. The lowest BCUT2D eigenvalue weighted by atomic mass is 10.0. The van der Waals surface area contributed by atoms with E-state index in [4.69, 9.17) is 11.6 Å². The Hall–Kier alpha value is -1.15. The normalized spacial score (nSPS) is 11.4. The summed E-state index contributed by atoms with van der Waals surface area (Å²) in [4.78, 5) is 4.47. The zero-order valence-corrected chi connectivity index (χ0v) is 11.0. The Morgan fingerprint density at radius 3 is 2.65 bits per heavy atom. The maximum Gasteiger partial charge on any atom is 0.125 e. The summed E-state index contributed by atoms with van der Waals surface area (Å²) in [5, 5.41) is 1.50. The molecule has 0 amide bonds. The summed E-state index contributed by atoms with van der Waals surface area (Å²) in [5.74, 6) is 0.242. The van der Waals surface area contributed by atoms with Crippen LogP contribution in [0.25, 0.3) is 10.9 Å². The Morgan fingerprint density at radius 1 is 1.29 bits per heavy atom. The first-order chi connectivity index (χ1) is 7.97. The first-order valence-electron chi connectivity index (χ1n) is 5.72. The molecule has 0 N–H and O–H groups in total. The fourth-order valence-corrected chi connectivity index (χ4v) is 2.42. The molecule has 0 spiro atoms. The lowest BCUT2D eigenvalue weighted by Gasteiger charge is -2.09. The smallest absolute Gasteiger partial charge is 0.125 e. The van der Waals surface area contributed by atoms with Gasteiger partial charge in [0.05, 0.1) is 10.5 Å². The average Bonchev–Trinajstić information content (AvgIpc) is 2.13. The van der Waals surface area contributed by atoms with Crippen molar-refractivity contribution in [1.82, 2.24) is 4.98 Å². The number of aromatic nitrogens is 1. The number of aryl methyl sites for hydroxylation is 1. The van der Waals surface area contributed by atoms with Crippen LogP contribution in [-0.4, -0.2) is 4.98 Å². The van der Waals surface area contributed by atoms with Crippen LogP contribution in [0.4, 0.5) is 4.39 Å². The Labute approximate surface area is 106 Å². The van der Waals surface area contributed by atoms with Crippen LogP contribution < -0.4 is 0 Å². The first kappa shape index (κ1) is 12.3. The number of fused-ring (bicyclic) bond motifs is 1. The molecule has 17 heavy (non-hydrogen) atoms. The number of halogens is 2. The molecule has 1 heterocycles. The lowest BCUT2D eigenvalue weighted by Crippen LogP contribution is -1.98. The van der Waals surface area contributed by atoms with Crippen LogP contribution in [0.2, 0.25) is 5.02 Å². The SMILES string of the molecule is Cc1cc(F)cc2nc(CC(C)C)cc(Cl)c12. The quantitative estimate of drug-likeness (QED) is 0.764.